The summed E-state index contributed by atoms with van der Waals surface area (Å²) in [4.78, 5) is 25.0. The van der Waals surface area contributed by atoms with E-state index in [-0.39, 0.29) is 31.0 Å². The van der Waals surface area contributed by atoms with Crippen LogP contribution in [0.5, 0.6) is 0 Å². The summed E-state index contributed by atoms with van der Waals surface area (Å²) >= 11 is 1.41. The van der Waals surface area contributed by atoms with Crippen LogP contribution in [-0.2, 0) is 19.1 Å². The second-order valence-corrected chi connectivity index (χ2v) is 6.71. The molecule has 0 unspecified atom stereocenters. The molecule has 1 fully saturated rings. The molecule has 5 nitrogen and oxygen atoms in total. The number of amides is 1. The number of hydrogen-bond donors (Lipinski definition) is 1. The van der Waals surface area contributed by atoms with Crippen LogP contribution in [0.15, 0.2) is 29.2 Å². The molecule has 0 radical (unpaired) electrons. The molecule has 22 heavy (non-hydrogen) atoms. The number of rotatable bonds is 4. The third-order valence-electron chi connectivity index (χ3n) is 3.76. The minimum absolute atomic E-state index is 0.00580. The fourth-order valence-electron chi connectivity index (χ4n) is 2.56. The third-order valence-corrected chi connectivity index (χ3v) is 5.04. The van der Waals surface area contributed by atoms with Crippen LogP contribution in [0, 0.1) is 0 Å². The zero-order chi connectivity index (χ0) is 15.4. The molecule has 1 aromatic carbocycles. The number of ether oxygens (including phenoxy) is 2. The Kier molecular flexibility index (Phi) is 5.00. The van der Waals surface area contributed by atoms with Gasteiger partial charge in [-0.3, -0.25) is 9.59 Å². The molecule has 1 aromatic rings. The number of fused-ring (bicyclic) bond motifs is 1. The van der Waals surface area contributed by atoms with Crippen LogP contribution in [0.25, 0.3) is 0 Å². The molecule has 118 valence electrons. The van der Waals surface area contributed by atoms with Gasteiger partial charge >= 0.3 is 5.97 Å². The summed E-state index contributed by atoms with van der Waals surface area (Å²) in [5, 5.41) is 2.39. The molecule has 0 aromatic heterocycles. The van der Waals surface area contributed by atoms with Crippen LogP contribution >= 0.6 is 11.8 Å². The molecule has 1 N–H and O–H groups in total. The van der Waals surface area contributed by atoms with Crippen LogP contribution in [0.3, 0.4) is 0 Å². The monoisotopic (exact) mass is 321 g/mol. The van der Waals surface area contributed by atoms with Gasteiger partial charge in [0.15, 0.2) is 0 Å². The third kappa shape index (κ3) is 3.81. The molecule has 0 aliphatic carbocycles. The van der Waals surface area contributed by atoms with Gasteiger partial charge in [-0.1, -0.05) is 12.1 Å². The molecule has 2 heterocycles. The van der Waals surface area contributed by atoms with Crippen molar-refractivity contribution in [3.63, 3.8) is 0 Å². The second-order valence-electron chi connectivity index (χ2n) is 5.47. The lowest BCUT2D eigenvalue weighted by molar-refractivity contribution is -0.149. The van der Waals surface area contributed by atoms with Crippen LogP contribution in [0.2, 0.25) is 0 Å². The van der Waals surface area contributed by atoms with Gasteiger partial charge in [0.1, 0.15) is 6.61 Å². The van der Waals surface area contributed by atoms with E-state index >= 15 is 0 Å². The molecule has 1 amide bonds. The van der Waals surface area contributed by atoms with Gasteiger partial charge in [0.05, 0.1) is 23.5 Å². The lowest BCUT2D eigenvalue weighted by atomic mass is 10.1. The zero-order valence-corrected chi connectivity index (χ0v) is 13.1. The number of anilines is 1. The molecular formula is C16H19NO4S. The Hall–Kier alpha value is -1.53. The molecule has 2 aliphatic heterocycles. The van der Waals surface area contributed by atoms with Crippen LogP contribution in [-0.4, -0.2) is 36.4 Å². The van der Waals surface area contributed by atoms with Crippen LogP contribution in [0.1, 0.15) is 25.7 Å². The first-order valence-corrected chi connectivity index (χ1v) is 8.44. The molecule has 2 atom stereocenters. The van der Waals surface area contributed by atoms with Crippen molar-refractivity contribution < 1.29 is 19.1 Å². The van der Waals surface area contributed by atoms with Crippen molar-refractivity contribution in [1.82, 2.24) is 0 Å². The molecule has 6 heteroatoms. The Morgan fingerprint density at radius 1 is 1.36 bits per heavy atom. The Morgan fingerprint density at radius 3 is 3.05 bits per heavy atom. The van der Waals surface area contributed by atoms with Crippen molar-refractivity contribution in [3.05, 3.63) is 24.3 Å². The molecule has 0 bridgehead atoms. The minimum atomic E-state index is -0.435. The van der Waals surface area contributed by atoms with E-state index < -0.39 is 5.25 Å². The largest absolute Gasteiger partial charge is 0.463 e. The minimum Gasteiger partial charge on any atom is -0.463 e. The maximum absolute atomic E-state index is 12.0. The van der Waals surface area contributed by atoms with E-state index in [1.165, 1.54) is 11.8 Å². The van der Waals surface area contributed by atoms with Gasteiger partial charge < -0.3 is 14.8 Å². The molecular weight excluding hydrogens is 302 g/mol. The SMILES string of the molecule is O=C(C[C@@H]1Sc2ccccc2NC1=O)OC[C@H]1CCCCO1. The summed E-state index contributed by atoms with van der Waals surface area (Å²) < 4.78 is 10.8. The highest BCUT2D eigenvalue weighted by atomic mass is 32.2. The van der Waals surface area contributed by atoms with Gasteiger partial charge in [-0.2, -0.15) is 0 Å². The number of thioether (sulfide) groups is 1. The normalized spacial score (nSPS) is 24.3. The Balaban J connectivity index is 1.50. The van der Waals surface area contributed by atoms with Crippen molar-refractivity contribution >= 4 is 29.3 Å². The van der Waals surface area contributed by atoms with Crippen molar-refractivity contribution in [3.8, 4) is 0 Å². The van der Waals surface area contributed by atoms with Gasteiger partial charge in [-0.25, -0.2) is 0 Å². The van der Waals surface area contributed by atoms with Crippen LogP contribution < -0.4 is 5.32 Å². The van der Waals surface area contributed by atoms with Gasteiger partial charge in [0.2, 0.25) is 5.91 Å². The molecule has 0 spiro atoms. The summed E-state index contributed by atoms with van der Waals surface area (Å²) in [5.41, 5.74) is 0.803. The van der Waals surface area contributed by atoms with E-state index in [0.717, 1.165) is 36.5 Å². The number of para-hydroxylation sites is 1. The van der Waals surface area contributed by atoms with Gasteiger partial charge in [0, 0.05) is 11.5 Å². The lowest BCUT2D eigenvalue weighted by Gasteiger charge is -2.24. The summed E-state index contributed by atoms with van der Waals surface area (Å²) in [6, 6.07) is 7.58. The Labute approximate surface area is 133 Å². The zero-order valence-electron chi connectivity index (χ0n) is 12.2. The first-order chi connectivity index (χ1) is 10.7. The molecule has 2 aliphatic rings. The number of nitrogens with one attached hydrogen (secondary N) is 1. The molecule has 1 saturated heterocycles. The summed E-state index contributed by atoms with van der Waals surface area (Å²) in [6.07, 6.45) is 3.20. The quantitative estimate of drug-likeness (QED) is 0.864. The van der Waals surface area contributed by atoms with Crippen molar-refractivity contribution in [2.75, 3.05) is 18.5 Å². The number of carbonyl (C=O) groups excluding carboxylic acids is 2. The standard InChI is InChI=1S/C16H19NO4S/c18-15(21-10-11-5-3-4-8-20-11)9-14-16(19)17-12-6-1-2-7-13(12)22-14/h1-2,6-7,11,14H,3-5,8-10H2,(H,17,19)/t11-,14+/m1/s1. The first-order valence-electron chi connectivity index (χ1n) is 7.56. The predicted molar refractivity (Wildman–Crippen MR) is 83.9 cm³/mol. The van der Waals surface area contributed by atoms with E-state index in [0.29, 0.717) is 0 Å². The average molecular weight is 321 g/mol. The number of carbonyl (C=O) groups is 2. The first kappa shape index (κ1) is 15.4. The van der Waals surface area contributed by atoms with Gasteiger partial charge in [-0.05, 0) is 31.4 Å². The average Bonchev–Trinajstić information content (AvgIpc) is 2.55. The van der Waals surface area contributed by atoms with E-state index in [4.69, 9.17) is 9.47 Å². The van der Waals surface area contributed by atoms with E-state index in [9.17, 15) is 9.59 Å². The van der Waals surface area contributed by atoms with Gasteiger partial charge in [0.25, 0.3) is 0 Å². The summed E-state index contributed by atoms with van der Waals surface area (Å²) in [6.45, 7) is 1.02. The smallest absolute Gasteiger partial charge is 0.307 e. The number of benzene rings is 1. The van der Waals surface area contributed by atoms with Crippen LogP contribution in [0.4, 0.5) is 5.69 Å². The Morgan fingerprint density at radius 2 is 2.23 bits per heavy atom. The predicted octanol–water partition coefficient (Wildman–Crippen LogP) is 2.60. The molecule has 3 rings (SSSR count). The topological polar surface area (TPSA) is 64.6 Å². The maximum Gasteiger partial charge on any atom is 0.307 e. The summed E-state index contributed by atoms with van der Waals surface area (Å²) in [5.74, 6) is -0.490. The van der Waals surface area contributed by atoms with Crippen molar-refractivity contribution in [1.29, 1.82) is 0 Å². The van der Waals surface area contributed by atoms with E-state index in [1.807, 2.05) is 24.3 Å². The fraction of sp³-hybridized carbons (Fsp3) is 0.500. The van der Waals surface area contributed by atoms with Crippen molar-refractivity contribution in [2.45, 2.75) is 41.9 Å². The molecule has 0 saturated carbocycles. The maximum atomic E-state index is 12.0. The van der Waals surface area contributed by atoms with E-state index in [2.05, 4.69) is 5.32 Å². The Bertz CT molecular complexity index is 557. The van der Waals surface area contributed by atoms with Gasteiger partial charge in [-0.15, -0.1) is 11.8 Å². The highest BCUT2D eigenvalue weighted by Crippen LogP contribution is 2.36. The van der Waals surface area contributed by atoms with Crippen molar-refractivity contribution in [2.24, 2.45) is 0 Å². The fourth-order valence-corrected chi connectivity index (χ4v) is 3.66. The number of esters is 1. The highest BCUT2D eigenvalue weighted by molar-refractivity contribution is 8.01. The van der Waals surface area contributed by atoms with E-state index in [1.54, 1.807) is 0 Å². The second kappa shape index (κ2) is 7.15. The number of hydrogen-bond acceptors (Lipinski definition) is 5. The lowest BCUT2D eigenvalue weighted by Crippen LogP contribution is -2.32. The summed E-state index contributed by atoms with van der Waals surface area (Å²) in [7, 11) is 0. The highest BCUT2D eigenvalue weighted by Gasteiger charge is 2.29.